The van der Waals surface area contributed by atoms with Gasteiger partial charge in [0.1, 0.15) is 5.69 Å². The van der Waals surface area contributed by atoms with Crippen LogP contribution in [0.2, 0.25) is 0 Å². The summed E-state index contributed by atoms with van der Waals surface area (Å²) in [6.07, 6.45) is 2.17. The predicted molar refractivity (Wildman–Crippen MR) is 230 cm³/mol. The fraction of sp³-hybridized carbons (Fsp3) is 0. The van der Waals surface area contributed by atoms with Crippen molar-refractivity contribution in [2.45, 2.75) is 0 Å². The highest BCUT2D eigenvalue weighted by molar-refractivity contribution is 6.18. The van der Waals surface area contributed by atoms with Gasteiger partial charge in [-0.3, -0.25) is 0 Å². The van der Waals surface area contributed by atoms with Crippen LogP contribution in [0.15, 0.2) is 200 Å². The number of para-hydroxylation sites is 3. The Morgan fingerprint density at radius 1 is 0.375 bits per heavy atom. The van der Waals surface area contributed by atoms with Crippen molar-refractivity contribution in [3.8, 4) is 56.5 Å². The van der Waals surface area contributed by atoms with Crippen LogP contribution in [0.3, 0.4) is 0 Å². The first-order valence-corrected chi connectivity index (χ1v) is 18.9. The third kappa shape index (κ3) is 5.29. The summed E-state index contributed by atoms with van der Waals surface area (Å²) in [7, 11) is 0. The van der Waals surface area contributed by atoms with E-state index in [0.717, 1.165) is 78.2 Å². The standard InChI is InChI=1S/C51H33N5/c1-4-15-34(16-5-1)38-32-45(35-17-6-2-7-18-35)52-46(33-38)48-43-24-10-12-25-44(43)53-51(54-48)37-19-14-22-40(31-37)56-47-26-13-11-23-41(47)42-28-27-36-29-30-55(49(36)50(42)56)39-20-8-3-9-21-39/h1-33H. The molecule has 4 heterocycles. The summed E-state index contributed by atoms with van der Waals surface area (Å²) >= 11 is 0. The second-order valence-corrected chi connectivity index (χ2v) is 14.1. The zero-order valence-corrected chi connectivity index (χ0v) is 30.3. The molecular weight excluding hydrogens is 683 g/mol. The van der Waals surface area contributed by atoms with Gasteiger partial charge in [0, 0.05) is 50.2 Å². The minimum absolute atomic E-state index is 0.646. The molecule has 0 unspecified atom stereocenters. The zero-order chi connectivity index (χ0) is 37.0. The number of rotatable bonds is 6. The number of hydrogen-bond acceptors (Lipinski definition) is 3. The first-order valence-electron chi connectivity index (χ1n) is 18.9. The van der Waals surface area contributed by atoms with Crippen LogP contribution in [-0.2, 0) is 0 Å². The van der Waals surface area contributed by atoms with Crippen LogP contribution in [0.4, 0.5) is 0 Å². The molecule has 0 amide bonds. The van der Waals surface area contributed by atoms with E-state index < -0.39 is 0 Å². The Kier molecular flexibility index (Phi) is 7.42. The molecule has 262 valence electrons. The fourth-order valence-electron chi connectivity index (χ4n) is 8.14. The van der Waals surface area contributed by atoms with Crippen molar-refractivity contribution >= 4 is 43.6 Å². The fourth-order valence-corrected chi connectivity index (χ4v) is 8.14. The van der Waals surface area contributed by atoms with Crippen molar-refractivity contribution in [2.75, 3.05) is 0 Å². The number of hydrogen-bond donors (Lipinski definition) is 0. The van der Waals surface area contributed by atoms with Gasteiger partial charge in [0.2, 0.25) is 0 Å². The molecule has 5 nitrogen and oxygen atoms in total. The van der Waals surface area contributed by atoms with Gasteiger partial charge in [-0.1, -0.05) is 140 Å². The summed E-state index contributed by atoms with van der Waals surface area (Å²) < 4.78 is 4.70. The molecule has 0 N–H and O–H groups in total. The summed E-state index contributed by atoms with van der Waals surface area (Å²) in [6.45, 7) is 0. The van der Waals surface area contributed by atoms with Crippen molar-refractivity contribution in [3.05, 3.63) is 200 Å². The summed E-state index contributed by atoms with van der Waals surface area (Å²) in [5, 5.41) is 4.55. The first-order chi connectivity index (χ1) is 27.8. The van der Waals surface area contributed by atoms with Gasteiger partial charge in [-0.25, -0.2) is 15.0 Å². The van der Waals surface area contributed by atoms with E-state index >= 15 is 0 Å². The lowest BCUT2D eigenvalue weighted by Crippen LogP contribution is -2.00. The van der Waals surface area contributed by atoms with E-state index in [1.807, 2.05) is 24.3 Å². The molecule has 5 heteroatoms. The summed E-state index contributed by atoms with van der Waals surface area (Å²) in [6, 6.07) is 67.9. The highest BCUT2D eigenvalue weighted by Crippen LogP contribution is 2.39. The van der Waals surface area contributed by atoms with Gasteiger partial charge in [-0.15, -0.1) is 0 Å². The topological polar surface area (TPSA) is 48.5 Å². The van der Waals surface area contributed by atoms with E-state index in [1.54, 1.807) is 0 Å². The lowest BCUT2D eigenvalue weighted by atomic mass is 10.0. The molecule has 11 aromatic rings. The molecule has 0 radical (unpaired) electrons. The van der Waals surface area contributed by atoms with Gasteiger partial charge in [0.05, 0.1) is 33.5 Å². The van der Waals surface area contributed by atoms with Crippen molar-refractivity contribution in [2.24, 2.45) is 0 Å². The van der Waals surface area contributed by atoms with Gasteiger partial charge in [-0.2, -0.15) is 0 Å². The maximum absolute atomic E-state index is 5.37. The van der Waals surface area contributed by atoms with Crippen molar-refractivity contribution < 1.29 is 0 Å². The third-order valence-electron chi connectivity index (χ3n) is 10.7. The van der Waals surface area contributed by atoms with Crippen LogP contribution in [0.25, 0.3) is 100 Å². The first kappa shape index (κ1) is 31.9. The van der Waals surface area contributed by atoms with Crippen molar-refractivity contribution in [3.63, 3.8) is 0 Å². The Hall–Kier alpha value is -7.63. The Morgan fingerprint density at radius 3 is 1.86 bits per heavy atom. The molecular formula is C51H33N5. The maximum Gasteiger partial charge on any atom is 0.160 e. The quantitative estimate of drug-likeness (QED) is 0.172. The molecule has 0 spiro atoms. The van der Waals surface area contributed by atoms with Crippen LogP contribution in [0.1, 0.15) is 0 Å². The Morgan fingerprint density at radius 2 is 1.04 bits per heavy atom. The molecule has 0 aliphatic rings. The summed E-state index contributed by atoms with van der Waals surface area (Å²) in [5.74, 6) is 0.646. The monoisotopic (exact) mass is 715 g/mol. The minimum Gasteiger partial charge on any atom is -0.315 e. The molecule has 0 aliphatic carbocycles. The molecule has 0 fully saturated rings. The lowest BCUT2D eigenvalue weighted by molar-refractivity contribution is 1.11. The van der Waals surface area contributed by atoms with Gasteiger partial charge >= 0.3 is 0 Å². The van der Waals surface area contributed by atoms with Crippen molar-refractivity contribution in [1.29, 1.82) is 0 Å². The average molecular weight is 716 g/mol. The number of pyridine rings is 1. The molecule has 7 aromatic carbocycles. The van der Waals surface area contributed by atoms with Gasteiger partial charge in [-0.05, 0) is 65.7 Å². The smallest absolute Gasteiger partial charge is 0.160 e. The molecule has 0 atom stereocenters. The maximum atomic E-state index is 5.37. The normalized spacial score (nSPS) is 11.6. The number of benzene rings is 7. The molecule has 0 aliphatic heterocycles. The summed E-state index contributed by atoms with van der Waals surface area (Å²) in [5.41, 5.74) is 13.2. The van der Waals surface area contributed by atoms with Crippen LogP contribution in [0, 0.1) is 0 Å². The minimum atomic E-state index is 0.646. The van der Waals surface area contributed by atoms with E-state index in [1.165, 1.54) is 16.2 Å². The third-order valence-corrected chi connectivity index (χ3v) is 10.7. The SMILES string of the molecule is c1ccc(-c2cc(-c3ccccc3)nc(-c3nc(-c4cccc(-n5c6ccccc6c6ccc7ccn(-c8ccccc8)c7c65)c4)nc4ccccc34)c2)cc1. The van der Waals surface area contributed by atoms with Gasteiger partial charge < -0.3 is 9.13 Å². The molecule has 0 bridgehead atoms. The van der Waals surface area contributed by atoms with E-state index in [-0.39, 0.29) is 0 Å². The van der Waals surface area contributed by atoms with E-state index in [4.69, 9.17) is 15.0 Å². The molecule has 4 aromatic heterocycles. The van der Waals surface area contributed by atoms with E-state index in [2.05, 4.69) is 185 Å². The molecule has 0 saturated carbocycles. The Bertz CT molecular complexity index is 3180. The van der Waals surface area contributed by atoms with E-state index in [9.17, 15) is 0 Å². The molecule has 0 saturated heterocycles. The van der Waals surface area contributed by atoms with Crippen LogP contribution >= 0.6 is 0 Å². The Balaban J connectivity index is 1.13. The average Bonchev–Trinajstić information content (AvgIpc) is 3.86. The number of fused-ring (bicyclic) bond motifs is 6. The predicted octanol–water partition coefficient (Wildman–Crippen LogP) is 12.7. The zero-order valence-electron chi connectivity index (χ0n) is 30.3. The second kappa shape index (κ2) is 13.0. The Labute approximate surface area is 323 Å². The molecule has 56 heavy (non-hydrogen) atoms. The highest BCUT2D eigenvalue weighted by Gasteiger charge is 2.20. The largest absolute Gasteiger partial charge is 0.315 e. The van der Waals surface area contributed by atoms with Gasteiger partial charge in [0.15, 0.2) is 5.82 Å². The highest BCUT2D eigenvalue weighted by atomic mass is 15.0. The van der Waals surface area contributed by atoms with Crippen LogP contribution in [-0.4, -0.2) is 24.1 Å². The van der Waals surface area contributed by atoms with Crippen LogP contribution in [0.5, 0.6) is 0 Å². The lowest BCUT2D eigenvalue weighted by Gasteiger charge is -2.14. The van der Waals surface area contributed by atoms with E-state index in [0.29, 0.717) is 5.82 Å². The van der Waals surface area contributed by atoms with Crippen LogP contribution < -0.4 is 0 Å². The number of aromatic nitrogens is 5. The molecule has 11 rings (SSSR count). The number of nitrogens with zero attached hydrogens (tertiary/aromatic N) is 5. The van der Waals surface area contributed by atoms with Crippen molar-refractivity contribution in [1.82, 2.24) is 24.1 Å². The van der Waals surface area contributed by atoms with Gasteiger partial charge in [0.25, 0.3) is 0 Å². The summed E-state index contributed by atoms with van der Waals surface area (Å²) in [4.78, 5) is 15.8. The second-order valence-electron chi connectivity index (χ2n) is 14.1.